The Balaban J connectivity index is 1.42. The number of benzene rings is 1. The predicted octanol–water partition coefficient (Wildman–Crippen LogP) is 6.74. The second kappa shape index (κ2) is 10.5. The van der Waals surface area contributed by atoms with E-state index in [0.29, 0.717) is 28.8 Å². The molecule has 0 unspecified atom stereocenters. The Hall–Kier alpha value is -3.46. The molecule has 0 spiro atoms. The summed E-state index contributed by atoms with van der Waals surface area (Å²) in [7, 11) is 0. The van der Waals surface area contributed by atoms with Crippen LogP contribution >= 0.6 is 0 Å². The van der Waals surface area contributed by atoms with Gasteiger partial charge < -0.3 is 9.88 Å². The Bertz CT molecular complexity index is 1390. The highest BCUT2D eigenvalue weighted by Crippen LogP contribution is 2.31. The molecule has 7 nitrogen and oxygen atoms in total. The van der Waals surface area contributed by atoms with Crippen LogP contribution < -0.4 is 5.32 Å². The van der Waals surface area contributed by atoms with Gasteiger partial charge in [-0.1, -0.05) is 19.4 Å². The lowest BCUT2D eigenvalue weighted by molar-refractivity contribution is 0.159. The van der Waals surface area contributed by atoms with Gasteiger partial charge in [-0.3, -0.25) is 4.90 Å². The first-order chi connectivity index (χ1) is 17.9. The summed E-state index contributed by atoms with van der Waals surface area (Å²) in [5.74, 6) is 0.302. The third-order valence-corrected chi connectivity index (χ3v) is 7.09. The number of imidazole rings is 1. The van der Waals surface area contributed by atoms with E-state index in [1.165, 1.54) is 30.9 Å². The molecule has 1 aromatic carbocycles. The zero-order valence-electron chi connectivity index (χ0n) is 21.8. The number of piperidine rings is 1. The molecule has 1 N–H and O–H groups in total. The van der Waals surface area contributed by atoms with E-state index < -0.39 is 11.6 Å². The van der Waals surface area contributed by atoms with Crippen molar-refractivity contribution in [1.82, 2.24) is 29.4 Å². The molecule has 1 aliphatic heterocycles. The van der Waals surface area contributed by atoms with Crippen LogP contribution in [0.3, 0.4) is 0 Å². The summed E-state index contributed by atoms with van der Waals surface area (Å²) in [6.45, 7) is 10.3. The van der Waals surface area contributed by atoms with Crippen LogP contribution in [0.5, 0.6) is 0 Å². The normalized spacial score (nSPS) is 15.4. The van der Waals surface area contributed by atoms with Crippen LogP contribution in [-0.4, -0.2) is 42.5 Å². The van der Waals surface area contributed by atoms with Crippen molar-refractivity contribution in [3.05, 3.63) is 59.7 Å². The van der Waals surface area contributed by atoms with E-state index in [2.05, 4.69) is 43.1 Å². The van der Waals surface area contributed by atoms with Crippen LogP contribution in [0.15, 0.2) is 36.7 Å². The Morgan fingerprint density at radius 3 is 2.43 bits per heavy atom. The molecule has 9 heteroatoms. The lowest BCUT2D eigenvalue weighted by Gasteiger charge is -2.34. The van der Waals surface area contributed by atoms with Gasteiger partial charge in [0.1, 0.15) is 22.9 Å². The topological polar surface area (TPSA) is 71.8 Å². The first-order valence-electron chi connectivity index (χ1n) is 13.0. The molecular weight excluding hydrogens is 472 g/mol. The maximum Gasteiger partial charge on any atom is 0.229 e. The van der Waals surface area contributed by atoms with Crippen LogP contribution in [0, 0.1) is 18.6 Å². The van der Waals surface area contributed by atoms with E-state index in [0.717, 1.165) is 25.7 Å². The molecule has 1 atom stereocenters. The Kier molecular flexibility index (Phi) is 7.15. The molecule has 37 heavy (non-hydrogen) atoms. The van der Waals surface area contributed by atoms with Crippen molar-refractivity contribution in [2.75, 3.05) is 18.4 Å². The lowest BCUT2D eigenvalue weighted by Crippen LogP contribution is -2.33. The molecule has 0 radical (unpaired) electrons. The molecule has 194 valence electrons. The zero-order valence-corrected chi connectivity index (χ0v) is 21.8. The second-order valence-electron chi connectivity index (χ2n) is 9.96. The number of pyridine rings is 1. The number of nitrogens with one attached hydrogen (secondary N) is 1. The number of aryl methyl sites for hydroxylation is 1. The van der Waals surface area contributed by atoms with Gasteiger partial charge in [0.05, 0.1) is 11.7 Å². The number of nitrogens with zero attached hydrogens (tertiary/aromatic N) is 6. The molecule has 1 saturated heterocycles. The monoisotopic (exact) mass is 505 g/mol. The van der Waals surface area contributed by atoms with Gasteiger partial charge in [0.25, 0.3) is 0 Å². The van der Waals surface area contributed by atoms with Crippen LogP contribution in [0.25, 0.3) is 22.3 Å². The van der Waals surface area contributed by atoms with Gasteiger partial charge in [-0.2, -0.15) is 0 Å². The Labute approximate surface area is 216 Å². The fraction of sp³-hybridized carbons (Fsp3) is 0.429. The van der Waals surface area contributed by atoms with Crippen molar-refractivity contribution >= 4 is 22.8 Å². The summed E-state index contributed by atoms with van der Waals surface area (Å²) in [5, 5.41) is 3.07. The third-order valence-electron chi connectivity index (χ3n) is 7.09. The smallest absolute Gasteiger partial charge is 0.229 e. The highest BCUT2D eigenvalue weighted by molar-refractivity contribution is 5.83. The molecule has 3 aromatic heterocycles. The summed E-state index contributed by atoms with van der Waals surface area (Å²) < 4.78 is 31.7. The first kappa shape index (κ1) is 25.2. The van der Waals surface area contributed by atoms with Crippen molar-refractivity contribution in [2.24, 2.45) is 0 Å². The number of aromatic nitrogens is 5. The number of hydrogen-bond donors (Lipinski definition) is 1. The van der Waals surface area contributed by atoms with Crippen molar-refractivity contribution in [3.8, 4) is 11.3 Å². The van der Waals surface area contributed by atoms with E-state index in [1.54, 1.807) is 6.07 Å². The quantitative estimate of drug-likeness (QED) is 0.300. The molecule has 0 aliphatic carbocycles. The molecular formula is C28H33F2N7. The molecule has 0 saturated carbocycles. The molecule has 5 rings (SSSR count). The van der Waals surface area contributed by atoms with Gasteiger partial charge in [-0.15, -0.1) is 0 Å². The van der Waals surface area contributed by atoms with E-state index in [-0.39, 0.29) is 23.2 Å². The number of hydrogen-bond acceptors (Lipinski definition) is 6. The van der Waals surface area contributed by atoms with Gasteiger partial charge in [0, 0.05) is 23.8 Å². The minimum atomic E-state index is -0.632. The fourth-order valence-electron chi connectivity index (χ4n) is 5.41. The first-order valence-corrected chi connectivity index (χ1v) is 13.0. The highest BCUT2D eigenvalue weighted by atomic mass is 19.1. The van der Waals surface area contributed by atoms with Gasteiger partial charge in [0.2, 0.25) is 5.95 Å². The SMILES string of the molecule is CC[C@H](c1ccc(Nc2ncc(F)c(-c3cc(F)c4nc(C)n(C(C)C)c4c3)n2)nc1)N1CCCCC1. The number of likely N-dealkylation sites (tertiary alicyclic amines) is 1. The summed E-state index contributed by atoms with van der Waals surface area (Å²) in [6.07, 6.45) is 7.78. The molecule has 1 fully saturated rings. The van der Waals surface area contributed by atoms with Gasteiger partial charge in [-0.25, -0.2) is 28.7 Å². The molecule has 0 bridgehead atoms. The van der Waals surface area contributed by atoms with Gasteiger partial charge in [0.15, 0.2) is 11.6 Å². The van der Waals surface area contributed by atoms with Gasteiger partial charge >= 0.3 is 0 Å². The molecule has 4 heterocycles. The van der Waals surface area contributed by atoms with Crippen LogP contribution in [0.4, 0.5) is 20.5 Å². The van der Waals surface area contributed by atoms with E-state index in [9.17, 15) is 8.78 Å². The van der Waals surface area contributed by atoms with Crippen LogP contribution in [-0.2, 0) is 0 Å². The number of fused-ring (bicyclic) bond motifs is 1. The van der Waals surface area contributed by atoms with E-state index in [1.807, 2.05) is 37.6 Å². The van der Waals surface area contributed by atoms with Crippen LogP contribution in [0.2, 0.25) is 0 Å². The summed E-state index contributed by atoms with van der Waals surface area (Å²) >= 11 is 0. The third kappa shape index (κ3) is 5.05. The number of anilines is 2. The maximum absolute atomic E-state index is 15.0. The van der Waals surface area contributed by atoms with E-state index >= 15 is 0 Å². The number of halogens is 2. The molecule has 4 aromatic rings. The Morgan fingerprint density at radius 1 is 0.973 bits per heavy atom. The predicted molar refractivity (Wildman–Crippen MR) is 142 cm³/mol. The van der Waals surface area contributed by atoms with E-state index in [4.69, 9.17) is 0 Å². The maximum atomic E-state index is 15.0. The molecule has 1 aliphatic rings. The van der Waals surface area contributed by atoms with Crippen LogP contribution in [0.1, 0.15) is 69.9 Å². The molecule has 0 amide bonds. The summed E-state index contributed by atoms with van der Waals surface area (Å²) in [6, 6.07) is 7.39. The van der Waals surface area contributed by atoms with Crippen molar-refractivity contribution < 1.29 is 8.78 Å². The fourth-order valence-corrected chi connectivity index (χ4v) is 5.41. The van der Waals surface area contributed by atoms with Crippen molar-refractivity contribution in [2.45, 2.75) is 65.5 Å². The van der Waals surface area contributed by atoms with Crippen molar-refractivity contribution in [3.63, 3.8) is 0 Å². The second-order valence-corrected chi connectivity index (χ2v) is 9.96. The Morgan fingerprint density at radius 2 is 1.76 bits per heavy atom. The minimum Gasteiger partial charge on any atom is -0.326 e. The van der Waals surface area contributed by atoms with Crippen molar-refractivity contribution in [1.29, 1.82) is 0 Å². The summed E-state index contributed by atoms with van der Waals surface area (Å²) in [5.41, 5.74) is 2.38. The average Bonchev–Trinajstić information content (AvgIpc) is 3.24. The highest BCUT2D eigenvalue weighted by Gasteiger charge is 2.21. The summed E-state index contributed by atoms with van der Waals surface area (Å²) in [4.78, 5) is 19.9. The standard InChI is InChI=1S/C28H33F2N7/c1-5-23(36-11-7-6-8-12-36)19-9-10-25(31-15-19)34-28-32-16-22(30)26(35-28)20-13-21(29)27-24(14-20)37(17(2)3)18(4)33-27/h9-10,13-17,23H,5-8,11-12H2,1-4H3,(H,31,32,34,35)/t23-/m1/s1. The zero-order chi connectivity index (χ0) is 26.1. The lowest BCUT2D eigenvalue weighted by atomic mass is 10.0. The average molecular weight is 506 g/mol. The van der Waals surface area contributed by atoms with Gasteiger partial charge in [-0.05, 0) is 76.9 Å². The largest absolute Gasteiger partial charge is 0.326 e. The minimum absolute atomic E-state index is 0.0141. The number of rotatable bonds is 7.